The van der Waals surface area contributed by atoms with Crippen molar-refractivity contribution in [3.05, 3.63) is 188 Å². The van der Waals surface area contributed by atoms with Gasteiger partial charge in [-0.1, -0.05) is 146 Å². The molecule has 3 nitrogen and oxygen atoms in total. The van der Waals surface area contributed by atoms with E-state index in [9.17, 15) is 0 Å². The Morgan fingerprint density at radius 3 is 1.87 bits per heavy atom. The van der Waals surface area contributed by atoms with Crippen LogP contribution >= 0.6 is 11.3 Å². The van der Waals surface area contributed by atoms with E-state index in [0.717, 1.165) is 27.9 Å². The molecule has 4 heterocycles. The summed E-state index contributed by atoms with van der Waals surface area (Å²) in [4.78, 5) is 5.30. The Kier molecular flexibility index (Phi) is 6.50. The van der Waals surface area contributed by atoms with Crippen LogP contribution in [-0.4, -0.2) is 14.0 Å². The molecule has 0 amide bonds. The number of imidazole rings is 1. The summed E-state index contributed by atoms with van der Waals surface area (Å²) in [6.45, 7) is 0. The quantitative estimate of drug-likeness (QED) is 0.178. The van der Waals surface area contributed by atoms with E-state index in [2.05, 4.69) is 197 Å². The number of rotatable bonds is 4. The number of benzene rings is 8. The maximum Gasteiger partial charge on any atom is 0.156 e. The maximum atomic E-state index is 5.30. The van der Waals surface area contributed by atoms with Gasteiger partial charge < -0.3 is 4.57 Å². The predicted octanol–water partition coefficient (Wildman–Crippen LogP) is 14.1. The zero-order chi connectivity index (χ0) is 36.0. The molecule has 12 rings (SSSR count). The monoisotopic (exact) mass is 717 g/mol. The zero-order valence-electron chi connectivity index (χ0n) is 29.6. The zero-order valence-corrected chi connectivity index (χ0v) is 30.5. The van der Waals surface area contributed by atoms with E-state index in [1.807, 2.05) is 11.3 Å². The first-order valence-electron chi connectivity index (χ1n) is 18.7. The largest absolute Gasteiger partial charge is 0.309 e. The number of aromatic nitrogens is 3. The van der Waals surface area contributed by atoms with Gasteiger partial charge in [0.25, 0.3) is 0 Å². The fourth-order valence-corrected chi connectivity index (χ4v) is 9.88. The topological polar surface area (TPSA) is 22.2 Å². The Bertz CT molecular complexity index is 3450. The Balaban J connectivity index is 0.980. The van der Waals surface area contributed by atoms with Crippen molar-refractivity contribution in [1.29, 1.82) is 0 Å². The van der Waals surface area contributed by atoms with Crippen molar-refractivity contribution in [2.45, 2.75) is 0 Å². The molecule has 0 aliphatic heterocycles. The highest BCUT2D eigenvalue weighted by atomic mass is 32.1. The summed E-state index contributed by atoms with van der Waals surface area (Å²) in [6.07, 6.45) is 0. The summed E-state index contributed by atoms with van der Waals surface area (Å²) >= 11 is 1.83. The van der Waals surface area contributed by atoms with E-state index < -0.39 is 0 Å². The van der Waals surface area contributed by atoms with Gasteiger partial charge in [0, 0.05) is 37.5 Å². The summed E-state index contributed by atoms with van der Waals surface area (Å²) in [5.41, 5.74) is 13.9. The molecule has 0 saturated heterocycles. The molecule has 0 saturated carbocycles. The van der Waals surface area contributed by atoms with Crippen molar-refractivity contribution in [2.75, 3.05) is 0 Å². The Morgan fingerprint density at radius 1 is 0.436 bits per heavy atom. The molecule has 0 aliphatic rings. The lowest BCUT2D eigenvalue weighted by Crippen LogP contribution is -1.95. The van der Waals surface area contributed by atoms with E-state index in [0.29, 0.717) is 0 Å². The summed E-state index contributed by atoms with van der Waals surface area (Å²) in [6, 6.07) is 68.4. The standard InChI is InChI=1S/C51H31N3S/c1-2-13-38(14-3-1)53-45-19-8-6-15-40(45)42-18-10-17-39(49(42)53)34-25-21-32(22-26-34)33-23-27-35(28-24-33)46-31-43-41-16-7-9-20-48(41)55-50(43)51-52-44-29-36-11-4-5-12-37(36)30-47(44)54(46)51/h1-31H. The van der Waals surface area contributed by atoms with E-state index in [4.69, 9.17) is 4.98 Å². The molecule has 0 N–H and O–H groups in total. The average Bonchev–Trinajstić information content (AvgIpc) is 3.93. The Labute approximate surface area is 320 Å². The molecule has 4 heteroatoms. The van der Waals surface area contributed by atoms with Crippen LogP contribution in [-0.2, 0) is 0 Å². The van der Waals surface area contributed by atoms with Crippen molar-refractivity contribution >= 4 is 80.8 Å². The van der Waals surface area contributed by atoms with Crippen LogP contribution in [0.15, 0.2) is 188 Å². The molecular weight excluding hydrogens is 687 g/mol. The highest BCUT2D eigenvalue weighted by molar-refractivity contribution is 7.26. The van der Waals surface area contributed by atoms with E-state index in [-0.39, 0.29) is 0 Å². The highest BCUT2D eigenvalue weighted by Crippen LogP contribution is 2.42. The van der Waals surface area contributed by atoms with Crippen molar-refractivity contribution in [3.63, 3.8) is 0 Å². The summed E-state index contributed by atoms with van der Waals surface area (Å²) in [5, 5.41) is 7.48. The number of fused-ring (bicyclic) bond motifs is 11. The Hall–Kier alpha value is -7.01. The summed E-state index contributed by atoms with van der Waals surface area (Å²) in [5.74, 6) is 0. The van der Waals surface area contributed by atoms with Crippen LogP contribution in [0.3, 0.4) is 0 Å². The van der Waals surface area contributed by atoms with Gasteiger partial charge in [0.05, 0.1) is 32.5 Å². The van der Waals surface area contributed by atoms with Gasteiger partial charge in [-0.2, -0.15) is 0 Å². The molecule has 0 aliphatic carbocycles. The maximum absolute atomic E-state index is 5.30. The molecule has 8 aromatic carbocycles. The third kappa shape index (κ3) is 4.59. The minimum absolute atomic E-state index is 1.01. The molecular formula is C51H31N3S. The second kappa shape index (κ2) is 11.7. The van der Waals surface area contributed by atoms with Gasteiger partial charge in [-0.25, -0.2) is 4.98 Å². The highest BCUT2D eigenvalue weighted by Gasteiger charge is 2.19. The number of hydrogen-bond donors (Lipinski definition) is 0. The van der Waals surface area contributed by atoms with Gasteiger partial charge in [0.1, 0.15) is 0 Å². The molecule has 0 spiro atoms. The summed E-state index contributed by atoms with van der Waals surface area (Å²) in [7, 11) is 0. The SMILES string of the molecule is c1ccc(-n2c3ccccc3c3cccc(-c4ccc(-c5ccc(-c6cc7c8ccccc8sc7c7nc8cc9ccccc9cc8n67)cc5)cc4)c32)cc1. The normalized spacial score (nSPS) is 12.0. The van der Waals surface area contributed by atoms with Crippen molar-refractivity contribution in [3.8, 4) is 39.2 Å². The summed E-state index contributed by atoms with van der Waals surface area (Å²) < 4.78 is 7.29. The van der Waals surface area contributed by atoms with Crippen LogP contribution in [0.1, 0.15) is 0 Å². The van der Waals surface area contributed by atoms with Crippen LogP contribution in [0.5, 0.6) is 0 Å². The second-order valence-corrected chi connectivity index (χ2v) is 15.4. The molecule has 12 aromatic rings. The van der Waals surface area contributed by atoms with E-state index >= 15 is 0 Å². The van der Waals surface area contributed by atoms with Crippen molar-refractivity contribution in [2.24, 2.45) is 0 Å². The van der Waals surface area contributed by atoms with Crippen LogP contribution < -0.4 is 0 Å². The van der Waals surface area contributed by atoms with E-state index in [1.165, 1.54) is 80.7 Å². The molecule has 256 valence electrons. The van der Waals surface area contributed by atoms with Crippen LogP contribution in [0.2, 0.25) is 0 Å². The van der Waals surface area contributed by atoms with Crippen LogP contribution in [0.25, 0.3) is 109 Å². The van der Waals surface area contributed by atoms with Crippen molar-refractivity contribution < 1.29 is 0 Å². The van der Waals surface area contributed by atoms with E-state index in [1.54, 1.807) is 0 Å². The number of thiophene rings is 1. The molecule has 4 aromatic heterocycles. The average molecular weight is 718 g/mol. The lowest BCUT2D eigenvalue weighted by atomic mass is 9.97. The lowest BCUT2D eigenvalue weighted by Gasteiger charge is -2.12. The predicted molar refractivity (Wildman–Crippen MR) is 234 cm³/mol. The van der Waals surface area contributed by atoms with Gasteiger partial charge in [-0.3, -0.25) is 4.40 Å². The first kappa shape index (κ1) is 30.5. The third-order valence-electron chi connectivity index (χ3n) is 11.3. The van der Waals surface area contributed by atoms with Gasteiger partial charge in [-0.15, -0.1) is 11.3 Å². The first-order chi connectivity index (χ1) is 27.3. The number of hydrogen-bond acceptors (Lipinski definition) is 2. The molecule has 0 bridgehead atoms. The molecule has 55 heavy (non-hydrogen) atoms. The smallest absolute Gasteiger partial charge is 0.156 e. The number of nitrogens with zero attached hydrogens (tertiary/aromatic N) is 3. The lowest BCUT2D eigenvalue weighted by molar-refractivity contribution is 1.18. The fraction of sp³-hybridized carbons (Fsp3) is 0. The van der Waals surface area contributed by atoms with Gasteiger partial charge >= 0.3 is 0 Å². The van der Waals surface area contributed by atoms with Gasteiger partial charge in [0.15, 0.2) is 5.65 Å². The van der Waals surface area contributed by atoms with Crippen LogP contribution in [0.4, 0.5) is 0 Å². The molecule has 0 radical (unpaired) electrons. The van der Waals surface area contributed by atoms with Gasteiger partial charge in [-0.05, 0) is 75.5 Å². The second-order valence-electron chi connectivity index (χ2n) is 14.4. The Morgan fingerprint density at radius 2 is 1.07 bits per heavy atom. The third-order valence-corrected chi connectivity index (χ3v) is 12.5. The number of para-hydroxylation sites is 3. The van der Waals surface area contributed by atoms with Crippen molar-refractivity contribution in [1.82, 2.24) is 14.0 Å². The molecule has 0 fully saturated rings. The minimum atomic E-state index is 1.01. The molecule has 0 unspecified atom stereocenters. The van der Waals surface area contributed by atoms with Gasteiger partial charge in [0.2, 0.25) is 0 Å². The molecule has 0 atom stereocenters. The minimum Gasteiger partial charge on any atom is -0.309 e. The number of pyridine rings is 1. The fourth-order valence-electron chi connectivity index (χ4n) is 8.72. The first-order valence-corrected chi connectivity index (χ1v) is 19.5. The van der Waals surface area contributed by atoms with Crippen LogP contribution in [0, 0.1) is 0 Å².